The summed E-state index contributed by atoms with van der Waals surface area (Å²) in [6, 6.07) is 4.07. The normalized spacial score (nSPS) is 16.3. The van der Waals surface area contributed by atoms with Crippen molar-refractivity contribution in [1.82, 2.24) is 5.32 Å². The molecule has 126 valence electrons. The highest BCUT2D eigenvalue weighted by Crippen LogP contribution is 2.27. The minimum atomic E-state index is -3.45. The lowest BCUT2D eigenvalue weighted by atomic mass is 10.2. The number of aliphatic carboxylic acids is 1. The Labute approximate surface area is 133 Å². The fraction of sp³-hybridized carbons (Fsp3) is 0.429. The van der Waals surface area contributed by atoms with Gasteiger partial charge in [0.25, 0.3) is 0 Å². The predicted octanol–water partition coefficient (Wildman–Crippen LogP) is 0.847. The third-order valence-corrected chi connectivity index (χ3v) is 5.29. The predicted molar refractivity (Wildman–Crippen MR) is 80.9 cm³/mol. The standard InChI is InChI=1S/C14H17FN2O5S/c15-11-8-10(9-16-13(18)4-5-14(19)20)2-3-12(11)17-6-1-7-23(17,21)22/h2-3,8H,1,4-7,9H2,(H,16,18)(H,19,20). The lowest BCUT2D eigenvalue weighted by Gasteiger charge is -2.18. The molecule has 1 amide bonds. The molecule has 0 bridgehead atoms. The molecule has 9 heteroatoms. The van der Waals surface area contributed by atoms with E-state index in [-0.39, 0.29) is 37.4 Å². The number of carbonyl (C=O) groups is 2. The maximum absolute atomic E-state index is 14.1. The van der Waals surface area contributed by atoms with Crippen LogP contribution < -0.4 is 9.62 Å². The number of halogens is 1. The molecule has 2 rings (SSSR count). The van der Waals surface area contributed by atoms with Crippen molar-refractivity contribution in [2.75, 3.05) is 16.6 Å². The lowest BCUT2D eigenvalue weighted by Crippen LogP contribution is -2.26. The fourth-order valence-electron chi connectivity index (χ4n) is 2.28. The first-order valence-electron chi connectivity index (χ1n) is 7.07. The minimum absolute atomic E-state index is 0.00320. The molecular weight excluding hydrogens is 327 g/mol. The Balaban J connectivity index is 2.00. The molecule has 0 saturated carbocycles. The molecule has 0 radical (unpaired) electrons. The van der Waals surface area contributed by atoms with E-state index in [1.165, 1.54) is 18.2 Å². The molecule has 7 nitrogen and oxygen atoms in total. The molecule has 1 aliphatic heterocycles. The Bertz CT molecular complexity index is 720. The highest BCUT2D eigenvalue weighted by Gasteiger charge is 2.30. The van der Waals surface area contributed by atoms with Crippen LogP contribution in [0.1, 0.15) is 24.8 Å². The van der Waals surface area contributed by atoms with Crippen LogP contribution in [0.5, 0.6) is 0 Å². The summed E-state index contributed by atoms with van der Waals surface area (Å²) in [5.74, 6) is -2.18. The summed E-state index contributed by atoms with van der Waals surface area (Å²) in [7, 11) is -3.45. The number of nitrogens with one attached hydrogen (secondary N) is 1. The van der Waals surface area contributed by atoms with Gasteiger partial charge >= 0.3 is 5.97 Å². The van der Waals surface area contributed by atoms with E-state index in [0.29, 0.717) is 12.0 Å². The van der Waals surface area contributed by atoms with Gasteiger partial charge in [-0.2, -0.15) is 0 Å². The maximum atomic E-state index is 14.1. The number of benzene rings is 1. The van der Waals surface area contributed by atoms with E-state index >= 15 is 0 Å². The number of amides is 1. The molecule has 1 fully saturated rings. The molecule has 2 N–H and O–H groups in total. The summed E-state index contributed by atoms with van der Waals surface area (Å²) in [6.45, 7) is 0.299. The van der Waals surface area contributed by atoms with E-state index in [1.54, 1.807) is 0 Å². The summed E-state index contributed by atoms with van der Waals surface area (Å²) in [5, 5.41) is 11.0. The Kier molecular flexibility index (Phi) is 5.19. The van der Waals surface area contributed by atoms with Gasteiger partial charge in [-0.1, -0.05) is 6.07 Å². The first-order valence-corrected chi connectivity index (χ1v) is 8.68. The zero-order valence-electron chi connectivity index (χ0n) is 12.3. The van der Waals surface area contributed by atoms with Crippen molar-refractivity contribution in [3.8, 4) is 0 Å². The van der Waals surface area contributed by atoms with Gasteiger partial charge in [0.15, 0.2) is 0 Å². The Hall–Kier alpha value is -2.16. The van der Waals surface area contributed by atoms with Crippen LogP contribution in [0.3, 0.4) is 0 Å². The van der Waals surface area contributed by atoms with Crippen molar-refractivity contribution < 1.29 is 27.5 Å². The third kappa shape index (κ3) is 4.41. The Morgan fingerprint density at radius 2 is 2.04 bits per heavy atom. The molecule has 1 aromatic carbocycles. The number of rotatable bonds is 6. The molecule has 0 unspecified atom stereocenters. The number of carbonyl (C=O) groups excluding carboxylic acids is 1. The average Bonchev–Trinajstić information content (AvgIpc) is 2.82. The summed E-state index contributed by atoms with van der Waals surface area (Å²) in [5.41, 5.74) is 0.468. The van der Waals surface area contributed by atoms with Crippen molar-refractivity contribution in [1.29, 1.82) is 0 Å². The molecule has 0 atom stereocenters. The molecule has 1 saturated heterocycles. The van der Waals surface area contributed by atoms with Gasteiger partial charge in [-0.3, -0.25) is 13.9 Å². The highest BCUT2D eigenvalue weighted by molar-refractivity contribution is 7.93. The zero-order chi connectivity index (χ0) is 17.0. The third-order valence-electron chi connectivity index (χ3n) is 3.44. The molecule has 23 heavy (non-hydrogen) atoms. The number of carboxylic acid groups (broad SMARTS) is 1. The van der Waals surface area contributed by atoms with Crippen molar-refractivity contribution in [2.24, 2.45) is 0 Å². The second-order valence-electron chi connectivity index (χ2n) is 5.20. The second kappa shape index (κ2) is 6.95. The van der Waals surface area contributed by atoms with Gasteiger partial charge in [-0.15, -0.1) is 0 Å². The average molecular weight is 344 g/mol. The van der Waals surface area contributed by atoms with Gasteiger partial charge in [0.2, 0.25) is 15.9 Å². The summed E-state index contributed by atoms with van der Waals surface area (Å²) >= 11 is 0. The zero-order valence-corrected chi connectivity index (χ0v) is 13.1. The highest BCUT2D eigenvalue weighted by atomic mass is 32.2. The van der Waals surface area contributed by atoms with Crippen LogP contribution in [-0.4, -0.2) is 37.7 Å². The van der Waals surface area contributed by atoms with Gasteiger partial charge < -0.3 is 10.4 Å². The topological polar surface area (TPSA) is 104 Å². The quantitative estimate of drug-likeness (QED) is 0.796. The van der Waals surface area contributed by atoms with Gasteiger partial charge in [0.05, 0.1) is 17.9 Å². The van der Waals surface area contributed by atoms with Crippen molar-refractivity contribution >= 4 is 27.6 Å². The molecule has 1 aliphatic rings. The minimum Gasteiger partial charge on any atom is -0.481 e. The molecule has 1 aromatic rings. The molecular formula is C14H17FN2O5S. The summed E-state index contributed by atoms with van der Waals surface area (Å²) in [4.78, 5) is 21.8. The van der Waals surface area contributed by atoms with E-state index in [1.807, 2.05) is 0 Å². The van der Waals surface area contributed by atoms with Crippen molar-refractivity contribution in [3.05, 3.63) is 29.6 Å². The SMILES string of the molecule is O=C(O)CCC(=O)NCc1ccc(N2CCCS2(=O)=O)c(F)c1. The van der Waals surface area contributed by atoms with E-state index in [9.17, 15) is 22.4 Å². The van der Waals surface area contributed by atoms with Crippen LogP contribution >= 0.6 is 0 Å². The van der Waals surface area contributed by atoms with Gasteiger partial charge in [0.1, 0.15) is 5.82 Å². The van der Waals surface area contributed by atoms with Gasteiger partial charge in [0, 0.05) is 19.5 Å². The largest absolute Gasteiger partial charge is 0.481 e. The monoisotopic (exact) mass is 344 g/mol. The van der Waals surface area contributed by atoms with E-state index in [4.69, 9.17) is 5.11 Å². The number of carboxylic acids is 1. The maximum Gasteiger partial charge on any atom is 0.303 e. The van der Waals surface area contributed by atoms with Crippen molar-refractivity contribution in [3.63, 3.8) is 0 Å². The van der Waals surface area contributed by atoms with Crippen LogP contribution in [0.15, 0.2) is 18.2 Å². The number of sulfonamides is 1. The van der Waals surface area contributed by atoms with Crippen LogP contribution in [0.2, 0.25) is 0 Å². The second-order valence-corrected chi connectivity index (χ2v) is 7.21. The summed E-state index contributed by atoms with van der Waals surface area (Å²) in [6.07, 6.45) is 0.0387. The van der Waals surface area contributed by atoms with Crippen molar-refractivity contribution in [2.45, 2.75) is 25.8 Å². The summed E-state index contributed by atoms with van der Waals surface area (Å²) < 4.78 is 38.8. The number of hydrogen-bond acceptors (Lipinski definition) is 4. The first kappa shape index (κ1) is 17.2. The van der Waals surface area contributed by atoms with Gasteiger partial charge in [-0.05, 0) is 24.1 Å². The van der Waals surface area contributed by atoms with E-state index < -0.39 is 27.7 Å². The van der Waals surface area contributed by atoms with Crippen LogP contribution in [0, 0.1) is 5.82 Å². The van der Waals surface area contributed by atoms with Crippen LogP contribution in [0.4, 0.5) is 10.1 Å². The van der Waals surface area contributed by atoms with Crippen LogP contribution in [-0.2, 0) is 26.2 Å². The molecule has 0 aromatic heterocycles. The Morgan fingerprint density at radius 1 is 1.30 bits per heavy atom. The fourth-order valence-corrected chi connectivity index (χ4v) is 3.85. The molecule has 0 aliphatic carbocycles. The van der Waals surface area contributed by atoms with E-state index in [0.717, 1.165) is 4.31 Å². The smallest absolute Gasteiger partial charge is 0.303 e. The molecule has 0 spiro atoms. The van der Waals surface area contributed by atoms with E-state index in [2.05, 4.69) is 5.32 Å². The molecule has 1 heterocycles. The van der Waals surface area contributed by atoms with Crippen LogP contribution in [0.25, 0.3) is 0 Å². The Morgan fingerprint density at radius 3 is 2.61 bits per heavy atom. The number of anilines is 1. The van der Waals surface area contributed by atoms with Gasteiger partial charge in [-0.25, -0.2) is 12.8 Å². The number of nitrogens with zero attached hydrogens (tertiary/aromatic N) is 1. The lowest BCUT2D eigenvalue weighted by molar-refractivity contribution is -0.138. The first-order chi connectivity index (χ1) is 10.8. The number of hydrogen-bond donors (Lipinski definition) is 2.